The van der Waals surface area contributed by atoms with E-state index in [-0.39, 0.29) is 16.9 Å². The van der Waals surface area contributed by atoms with Crippen molar-refractivity contribution in [3.63, 3.8) is 0 Å². The second kappa shape index (κ2) is 10.2. The minimum atomic E-state index is -0.908. The zero-order valence-corrected chi connectivity index (χ0v) is 18.0. The number of ketones is 1. The summed E-state index contributed by atoms with van der Waals surface area (Å²) < 4.78 is 29.5. The Hall–Kier alpha value is -3.49. The van der Waals surface area contributed by atoms with Crippen molar-refractivity contribution in [2.24, 2.45) is 0 Å². The fourth-order valence-electron chi connectivity index (χ4n) is 2.75. The molecular weight excluding hydrogens is 414 g/mol. The van der Waals surface area contributed by atoms with E-state index in [1.54, 1.807) is 31.2 Å². The number of esters is 1. The van der Waals surface area contributed by atoms with E-state index in [0.29, 0.717) is 23.9 Å². The van der Waals surface area contributed by atoms with Gasteiger partial charge in [-0.15, -0.1) is 0 Å². The van der Waals surface area contributed by atoms with Crippen LogP contribution in [0.3, 0.4) is 0 Å². The van der Waals surface area contributed by atoms with Crippen molar-refractivity contribution in [1.29, 1.82) is 0 Å². The number of aromatic nitrogens is 2. The molecule has 0 N–H and O–H groups in total. The van der Waals surface area contributed by atoms with Gasteiger partial charge >= 0.3 is 5.97 Å². The maximum absolute atomic E-state index is 13.5. The molecule has 1 atom stereocenters. The van der Waals surface area contributed by atoms with Gasteiger partial charge in [-0.1, -0.05) is 43.5 Å². The number of hydrogen-bond acceptors (Lipinski definition) is 7. The van der Waals surface area contributed by atoms with Crippen molar-refractivity contribution in [1.82, 2.24) is 10.1 Å². The van der Waals surface area contributed by atoms with E-state index in [9.17, 15) is 14.0 Å². The Morgan fingerprint density at radius 2 is 1.88 bits per heavy atom. The van der Waals surface area contributed by atoms with Crippen LogP contribution in [-0.4, -0.2) is 42.5 Å². The third-order valence-electron chi connectivity index (χ3n) is 4.63. The van der Waals surface area contributed by atoms with Crippen LogP contribution in [0.2, 0.25) is 0 Å². The largest absolute Gasteiger partial charge is 0.479 e. The lowest BCUT2D eigenvalue weighted by atomic mass is 9.94. The molecule has 2 aromatic carbocycles. The topological polar surface area (TPSA) is 91.5 Å². The number of Topliss-reactive ketones (excluding diaryl/α,β-unsaturated/α-hetero) is 1. The average Bonchev–Trinajstić information content (AvgIpc) is 3.28. The van der Waals surface area contributed by atoms with E-state index in [1.165, 1.54) is 12.1 Å². The van der Waals surface area contributed by atoms with Crippen LogP contribution >= 0.6 is 0 Å². The van der Waals surface area contributed by atoms with Crippen LogP contribution < -0.4 is 10.2 Å². The highest BCUT2D eigenvalue weighted by Gasteiger charge is 2.22. The Bertz CT molecular complexity index is 1100. The van der Waals surface area contributed by atoms with E-state index in [0.717, 1.165) is 11.6 Å². The van der Waals surface area contributed by atoms with Crippen LogP contribution in [-0.2, 0) is 9.53 Å². The van der Waals surface area contributed by atoms with Gasteiger partial charge in [-0.05, 0) is 36.8 Å². The number of carbonyl (C=O) groups excluding carboxylic acids is 2. The number of ether oxygens (including phenoxy) is 2. The molecule has 1 heterocycles. The molecular formula is C23H22BFN2O5. The smallest absolute Gasteiger partial charge is 0.347 e. The van der Waals surface area contributed by atoms with Crippen LogP contribution in [0.1, 0.15) is 49.4 Å². The van der Waals surface area contributed by atoms with E-state index in [2.05, 4.69) is 10.1 Å². The van der Waals surface area contributed by atoms with Crippen molar-refractivity contribution >= 4 is 25.1 Å². The molecule has 0 saturated carbocycles. The first-order valence-electron chi connectivity index (χ1n) is 10.1. The van der Waals surface area contributed by atoms with E-state index < -0.39 is 30.3 Å². The van der Waals surface area contributed by atoms with Gasteiger partial charge in [0.2, 0.25) is 11.7 Å². The molecule has 0 aliphatic rings. The average molecular weight is 436 g/mol. The minimum Gasteiger partial charge on any atom is -0.479 e. The predicted octanol–water partition coefficient (Wildman–Crippen LogP) is 3.38. The summed E-state index contributed by atoms with van der Waals surface area (Å²) in [5, 5.41) is 3.96. The standard InChI is InChI=1S/C23H22BFN2O5/c1-4-20(23(29)30-12-19(28)15-7-10-17(24)18(25)11-15)31-16-8-5-14(6-9-16)21-26-22(13(2)3)32-27-21/h5-11,13,20H,4,12H2,1-3H3. The lowest BCUT2D eigenvalue weighted by Gasteiger charge is -2.16. The zero-order chi connectivity index (χ0) is 23.3. The number of carbonyl (C=O) groups is 2. The van der Waals surface area contributed by atoms with E-state index in [1.807, 2.05) is 13.8 Å². The molecule has 0 aliphatic carbocycles. The minimum absolute atomic E-state index is 0.0659. The first-order chi connectivity index (χ1) is 15.3. The van der Waals surface area contributed by atoms with Crippen molar-refractivity contribution < 1.29 is 28.0 Å². The number of nitrogens with zero attached hydrogens (tertiary/aromatic N) is 2. The molecule has 7 nitrogen and oxygen atoms in total. The monoisotopic (exact) mass is 436 g/mol. The lowest BCUT2D eigenvalue weighted by molar-refractivity contribution is -0.150. The van der Waals surface area contributed by atoms with Gasteiger partial charge in [0.1, 0.15) is 19.4 Å². The Kier molecular flexibility index (Phi) is 7.40. The first kappa shape index (κ1) is 23.2. The molecule has 0 aliphatic heterocycles. The van der Waals surface area contributed by atoms with Gasteiger partial charge < -0.3 is 14.0 Å². The van der Waals surface area contributed by atoms with Gasteiger partial charge in [0.15, 0.2) is 18.5 Å². The van der Waals surface area contributed by atoms with Gasteiger partial charge in [0.25, 0.3) is 0 Å². The van der Waals surface area contributed by atoms with Crippen molar-refractivity contribution in [2.75, 3.05) is 6.61 Å². The van der Waals surface area contributed by atoms with Gasteiger partial charge in [-0.25, -0.2) is 9.18 Å². The summed E-state index contributed by atoms with van der Waals surface area (Å²) in [6.07, 6.45) is -0.581. The molecule has 2 radical (unpaired) electrons. The zero-order valence-electron chi connectivity index (χ0n) is 18.0. The van der Waals surface area contributed by atoms with Crippen LogP contribution in [0.25, 0.3) is 11.4 Å². The number of hydrogen-bond donors (Lipinski definition) is 0. The van der Waals surface area contributed by atoms with Gasteiger partial charge in [0.05, 0.1) is 0 Å². The van der Waals surface area contributed by atoms with Gasteiger partial charge in [0, 0.05) is 17.0 Å². The maximum atomic E-state index is 13.5. The Morgan fingerprint density at radius 3 is 2.47 bits per heavy atom. The fourth-order valence-corrected chi connectivity index (χ4v) is 2.75. The quantitative estimate of drug-likeness (QED) is 0.289. The molecule has 0 fully saturated rings. The number of halogens is 1. The summed E-state index contributed by atoms with van der Waals surface area (Å²) in [5.74, 6) is -0.368. The molecule has 0 bridgehead atoms. The predicted molar refractivity (Wildman–Crippen MR) is 116 cm³/mol. The highest BCUT2D eigenvalue weighted by molar-refractivity contribution is 6.32. The van der Waals surface area contributed by atoms with Crippen molar-refractivity contribution in [3.8, 4) is 17.1 Å². The van der Waals surface area contributed by atoms with Crippen LogP contribution in [0.15, 0.2) is 47.0 Å². The van der Waals surface area contributed by atoms with Crippen molar-refractivity contribution in [2.45, 2.75) is 39.2 Å². The second-order valence-electron chi connectivity index (χ2n) is 7.42. The van der Waals surface area contributed by atoms with Crippen molar-refractivity contribution in [3.05, 3.63) is 59.7 Å². The number of benzene rings is 2. The molecule has 1 unspecified atom stereocenters. The van der Waals surface area contributed by atoms with Crippen LogP contribution in [0.4, 0.5) is 4.39 Å². The highest BCUT2D eigenvalue weighted by atomic mass is 19.1. The van der Waals surface area contributed by atoms with Crippen LogP contribution in [0, 0.1) is 5.82 Å². The van der Waals surface area contributed by atoms with Crippen LogP contribution in [0.5, 0.6) is 5.75 Å². The second-order valence-corrected chi connectivity index (χ2v) is 7.42. The summed E-state index contributed by atoms with van der Waals surface area (Å²) in [6, 6.07) is 10.5. The summed E-state index contributed by atoms with van der Waals surface area (Å²) in [5.41, 5.74) is 0.741. The molecule has 3 rings (SSSR count). The lowest BCUT2D eigenvalue weighted by Crippen LogP contribution is -2.30. The molecule has 0 amide bonds. The third kappa shape index (κ3) is 5.60. The third-order valence-corrected chi connectivity index (χ3v) is 4.63. The fraction of sp³-hybridized carbons (Fsp3) is 0.304. The highest BCUT2D eigenvalue weighted by Crippen LogP contribution is 2.23. The first-order valence-corrected chi connectivity index (χ1v) is 10.1. The summed E-state index contributed by atoms with van der Waals surface area (Å²) in [7, 11) is 5.40. The van der Waals surface area contributed by atoms with E-state index in [4.69, 9.17) is 21.8 Å². The Balaban J connectivity index is 1.58. The SMILES string of the molecule is [B]c1ccc(C(=O)COC(=O)C(CC)Oc2ccc(-c3noc(C(C)C)n3)cc2)cc1F. The molecule has 3 aromatic rings. The summed E-state index contributed by atoms with van der Waals surface area (Å²) in [4.78, 5) is 28.9. The molecule has 1 aromatic heterocycles. The molecule has 9 heteroatoms. The molecule has 0 spiro atoms. The Morgan fingerprint density at radius 1 is 1.16 bits per heavy atom. The number of rotatable bonds is 9. The van der Waals surface area contributed by atoms with Gasteiger partial charge in [-0.2, -0.15) is 4.98 Å². The molecule has 164 valence electrons. The summed E-state index contributed by atoms with van der Waals surface area (Å²) in [6.45, 7) is 5.14. The molecule has 32 heavy (non-hydrogen) atoms. The summed E-state index contributed by atoms with van der Waals surface area (Å²) >= 11 is 0. The van der Waals surface area contributed by atoms with Gasteiger partial charge in [-0.3, -0.25) is 4.79 Å². The Labute approximate surface area is 186 Å². The van der Waals surface area contributed by atoms with E-state index >= 15 is 0 Å². The molecule has 0 saturated heterocycles. The maximum Gasteiger partial charge on any atom is 0.347 e. The normalized spacial score (nSPS) is 11.9.